The van der Waals surface area contributed by atoms with Gasteiger partial charge in [0.15, 0.2) is 0 Å². The molecule has 1 heterocycles. The summed E-state index contributed by atoms with van der Waals surface area (Å²) in [5.41, 5.74) is 0.975. The monoisotopic (exact) mass is 351 g/mol. The lowest BCUT2D eigenvalue weighted by Crippen LogP contribution is -2.33. The lowest BCUT2D eigenvalue weighted by atomic mass is 9.82. The number of nitrogens with zero attached hydrogens (tertiary/aromatic N) is 1. The molecule has 1 aromatic carbocycles. The molecular weight excluding hydrogens is 322 g/mol. The molecule has 0 radical (unpaired) electrons. The third kappa shape index (κ3) is 5.28. The molecule has 1 saturated carbocycles. The molecule has 6 nitrogen and oxygen atoms in total. The Morgan fingerprint density at radius 1 is 1.04 bits per heavy atom. The van der Waals surface area contributed by atoms with Gasteiger partial charge in [-0.3, -0.25) is 9.59 Å². The fourth-order valence-corrected chi connectivity index (χ4v) is 4.09. The van der Waals surface area contributed by atoms with Crippen molar-refractivity contribution < 1.29 is 25.6 Å². The number of amides is 1. The summed E-state index contributed by atoms with van der Waals surface area (Å²) < 4.78 is 0. The van der Waals surface area contributed by atoms with Gasteiger partial charge >= 0.3 is 5.97 Å². The van der Waals surface area contributed by atoms with Crippen LogP contribution in [0, 0.1) is 17.8 Å². The number of carboxylic acids is 1. The second-order valence-corrected chi connectivity index (χ2v) is 7.03. The molecule has 5 N–H and O–H groups in total. The van der Waals surface area contributed by atoms with E-state index in [1.165, 1.54) is 25.7 Å². The van der Waals surface area contributed by atoms with E-state index in [2.05, 4.69) is 0 Å². The number of fused-ring (bicyclic) bond motifs is 1. The summed E-state index contributed by atoms with van der Waals surface area (Å²) in [5.74, 6) is -0.204. The average Bonchev–Trinajstić information content (AvgIpc) is 2.99. The zero-order valence-corrected chi connectivity index (χ0v) is 14.5. The third-order valence-corrected chi connectivity index (χ3v) is 5.42. The van der Waals surface area contributed by atoms with Gasteiger partial charge < -0.3 is 21.0 Å². The summed E-state index contributed by atoms with van der Waals surface area (Å²) in [4.78, 5) is 26.0. The van der Waals surface area contributed by atoms with Gasteiger partial charge in [-0.05, 0) is 36.7 Å². The average molecular weight is 351 g/mol. The Morgan fingerprint density at radius 3 is 2.12 bits per heavy atom. The quantitative estimate of drug-likeness (QED) is 0.861. The highest BCUT2D eigenvalue weighted by molar-refractivity contribution is 5.82. The molecule has 6 heteroatoms. The molecule has 1 amide bonds. The lowest BCUT2D eigenvalue weighted by Gasteiger charge is -2.22. The minimum atomic E-state index is -0.876. The molecule has 0 spiro atoms. The fraction of sp³-hybridized carbons (Fsp3) is 0.579. The van der Waals surface area contributed by atoms with Crippen molar-refractivity contribution in [2.75, 3.05) is 13.1 Å². The van der Waals surface area contributed by atoms with Gasteiger partial charge in [-0.2, -0.15) is 0 Å². The standard InChI is InChI=1S/C19H25NO3.2H2O/c21-18(20-12-15-8-4-5-9-16(15)13-20)11-17(19(22)23)10-14-6-2-1-3-7-14;;/h1-3,6-7,15-17H,4-5,8-13H2,(H,22,23);2*1H2/t15-,16+,17?;;. The Morgan fingerprint density at radius 2 is 1.60 bits per heavy atom. The Labute approximate surface area is 148 Å². The van der Waals surface area contributed by atoms with Crippen LogP contribution in [-0.4, -0.2) is 45.9 Å². The van der Waals surface area contributed by atoms with Gasteiger partial charge in [-0.1, -0.05) is 43.2 Å². The maximum absolute atomic E-state index is 12.6. The summed E-state index contributed by atoms with van der Waals surface area (Å²) >= 11 is 0. The van der Waals surface area contributed by atoms with E-state index in [1.54, 1.807) is 0 Å². The first-order valence-corrected chi connectivity index (χ1v) is 8.68. The number of carbonyl (C=O) groups excluding carboxylic acids is 1. The number of hydrogen-bond donors (Lipinski definition) is 1. The van der Waals surface area contributed by atoms with E-state index >= 15 is 0 Å². The summed E-state index contributed by atoms with van der Waals surface area (Å²) in [6.07, 6.45) is 5.53. The molecule has 1 unspecified atom stereocenters. The highest BCUT2D eigenvalue weighted by atomic mass is 16.4. The van der Waals surface area contributed by atoms with Crippen molar-refractivity contribution in [2.45, 2.75) is 38.5 Å². The van der Waals surface area contributed by atoms with Crippen LogP contribution in [0.15, 0.2) is 30.3 Å². The number of carbonyl (C=O) groups is 2. The zero-order valence-electron chi connectivity index (χ0n) is 14.5. The normalized spacial score (nSPS) is 23.0. The predicted molar refractivity (Wildman–Crippen MR) is 95.1 cm³/mol. The Balaban J connectivity index is 0.00000156. The van der Waals surface area contributed by atoms with Crippen molar-refractivity contribution in [3.05, 3.63) is 35.9 Å². The van der Waals surface area contributed by atoms with Crippen LogP contribution in [0.3, 0.4) is 0 Å². The molecule has 2 fully saturated rings. The first-order valence-electron chi connectivity index (χ1n) is 8.68. The molecule has 0 aromatic heterocycles. The van der Waals surface area contributed by atoms with Crippen molar-refractivity contribution in [3.63, 3.8) is 0 Å². The van der Waals surface area contributed by atoms with Gasteiger partial charge in [0.05, 0.1) is 5.92 Å². The molecule has 1 aliphatic carbocycles. The van der Waals surface area contributed by atoms with Crippen LogP contribution in [0.1, 0.15) is 37.7 Å². The van der Waals surface area contributed by atoms with E-state index in [9.17, 15) is 14.7 Å². The number of likely N-dealkylation sites (tertiary alicyclic amines) is 1. The fourth-order valence-electron chi connectivity index (χ4n) is 4.09. The topological polar surface area (TPSA) is 121 Å². The van der Waals surface area contributed by atoms with Crippen LogP contribution in [0.25, 0.3) is 0 Å². The van der Waals surface area contributed by atoms with Crippen molar-refractivity contribution in [2.24, 2.45) is 17.8 Å². The maximum Gasteiger partial charge on any atom is 0.307 e. The molecule has 1 aliphatic heterocycles. The molecule has 25 heavy (non-hydrogen) atoms. The van der Waals surface area contributed by atoms with Gasteiger partial charge in [-0.15, -0.1) is 0 Å². The SMILES string of the molecule is O.O.O=C(O)C(CC(=O)N1C[C@H]2CCCC[C@H]2C1)Cc1ccccc1. The van der Waals surface area contributed by atoms with Crippen LogP contribution >= 0.6 is 0 Å². The van der Waals surface area contributed by atoms with Gasteiger partial charge in [0.2, 0.25) is 5.91 Å². The predicted octanol–water partition coefficient (Wildman–Crippen LogP) is 1.32. The van der Waals surface area contributed by atoms with E-state index in [0.717, 1.165) is 18.7 Å². The van der Waals surface area contributed by atoms with E-state index in [0.29, 0.717) is 18.3 Å². The van der Waals surface area contributed by atoms with Crippen molar-refractivity contribution >= 4 is 11.9 Å². The summed E-state index contributed by atoms with van der Waals surface area (Å²) in [5, 5.41) is 9.46. The van der Waals surface area contributed by atoms with Crippen molar-refractivity contribution in [1.82, 2.24) is 4.90 Å². The largest absolute Gasteiger partial charge is 0.481 e. The minimum absolute atomic E-state index is 0. The molecule has 2 aliphatic rings. The van der Waals surface area contributed by atoms with Crippen LogP contribution in [0.4, 0.5) is 0 Å². The molecule has 1 saturated heterocycles. The number of aliphatic carboxylic acids is 1. The second-order valence-electron chi connectivity index (χ2n) is 7.03. The van der Waals surface area contributed by atoms with E-state index in [1.807, 2.05) is 35.2 Å². The van der Waals surface area contributed by atoms with Gasteiger partial charge in [0, 0.05) is 19.5 Å². The Kier molecular flexibility index (Phi) is 8.06. The zero-order chi connectivity index (χ0) is 16.2. The van der Waals surface area contributed by atoms with Crippen LogP contribution < -0.4 is 0 Å². The summed E-state index contributed by atoms with van der Waals surface area (Å²) in [6, 6.07) is 9.56. The molecular formula is C19H29NO5. The maximum atomic E-state index is 12.6. The highest BCUT2D eigenvalue weighted by Gasteiger charge is 2.37. The Hall–Kier alpha value is -1.92. The van der Waals surface area contributed by atoms with E-state index < -0.39 is 11.9 Å². The molecule has 3 rings (SSSR count). The van der Waals surface area contributed by atoms with Gasteiger partial charge in [0.1, 0.15) is 0 Å². The van der Waals surface area contributed by atoms with Crippen molar-refractivity contribution in [1.29, 1.82) is 0 Å². The smallest absolute Gasteiger partial charge is 0.307 e. The van der Waals surface area contributed by atoms with E-state index in [-0.39, 0.29) is 23.3 Å². The second kappa shape index (κ2) is 9.53. The minimum Gasteiger partial charge on any atom is -0.481 e. The van der Waals surface area contributed by atoms with Gasteiger partial charge in [-0.25, -0.2) is 0 Å². The summed E-state index contributed by atoms with van der Waals surface area (Å²) in [7, 11) is 0. The highest BCUT2D eigenvalue weighted by Crippen LogP contribution is 2.36. The van der Waals surface area contributed by atoms with E-state index in [4.69, 9.17) is 0 Å². The Bertz CT molecular complexity index is 548. The number of hydrogen-bond acceptors (Lipinski definition) is 2. The van der Waals surface area contributed by atoms with Crippen LogP contribution in [-0.2, 0) is 16.0 Å². The molecule has 3 atom stereocenters. The van der Waals surface area contributed by atoms with Crippen LogP contribution in [0.2, 0.25) is 0 Å². The summed E-state index contributed by atoms with van der Waals surface area (Å²) in [6.45, 7) is 1.67. The first kappa shape index (κ1) is 21.1. The first-order chi connectivity index (χ1) is 11.1. The molecule has 140 valence electrons. The number of carboxylic acid groups (broad SMARTS) is 1. The number of rotatable bonds is 5. The number of benzene rings is 1. The molecule has 0 bridgehead atoms. The van der Waals surface area contributed by atoms with Crippen molar-refractivity contribution in [3.8, 4) is 0 Å². The molecule has 1 aromatic rings. The third-order valence-electron chi connectivity index (χ3n) is 5.42. The van der Waals surface area contributed by atoms with Crippen LogP contribution in [0.5, 0.6) is 0 Å². The van der Waals surface area contributed by atoms with Gasteiger partial charge in [0.25, 0.3) is 0 Å². The lowest BCUT2D eigenvalue weighted by molar-refractivity contribution is -0.145.